The Hall–Kier alpha value is -3.02. The maximum atomic E-state index is 13.0. The molecular formula is C22H30BrFN6O4. The first kappa shape index (κ1) is 27.2. The molecule has 34 heavy (non-hydrogen) atoms. The largest absolute Gasteiger partial charge is 0.370 e. The second-order valence-electron chi connectivity index (χ2n) is 7.97. The maximum Gasteiger partial charge on any atom is 0.243 e. The van der Waals surface area contributed by atoms with E-state index in [1.54, 1.807) is 6.07 Å². The molecule has 3 amide bonds. The van der Waals surface area contributed by atoms with Gasteiger partial charge in [0.15, 0.2) is 11.7 Å². The standard InChI is InChI=1S/C22H30BrFN6O4/c23-15-5-1-4-14(10-15)11-19(32)28-13-20(33)30-9-3-7-17(30)21(34)29-16(18(31)12-24)6-2-8-27-22(25)26/h1,4-5,10,16-17H,2-3,6-9,11-13H2,(H,28,32)(H,29,34)(H4,25,26,27)/t16-,17-/m0/s1. The van der Waals surface area contributed by atoms with Gasteiger partial charge in [-0.15, -0.1) is 0 Å². The molecule has 0 saturated carbocycles. The van der Waals surface area contributed by atoms with Crippen LogP contribution in [0.25, 0.3) is 0 Å². The van der Waals surface area contributed by atoms with Gasteiger partial charge in [0.25, 0.3) is 0 Å². The van der Waals surface area contributed by atoms with Crippen molar-refractivity contribution in [2.45, 2.75) is 44.2 Å². The SMILES string of the molecule is N=C(N)NCCC[C@H](NC(=O)[C@@H]1CCCN1C(=O)CNC(=O)Cc1cccc(Br)c1)C(=O)CF. The summed E-state index contributed by atoms with van der Waals surface area (Å²) in [5.41, 5.74) is 5.99. The van der Waals surface area contributed by atoms with Gasteiger partial charge >= 0.3 is 0 Å². The maximum absolute atomic E-state index is 13.0. The molecule has 2 rings (SSSR count). The van der Waals surface area contributed by atoms with Crippen molar-refractivity contribution in [2.75, 3.05) is 26.3 Å². The zero-order chi connectivity index (χ0) is 25.1. The highest BCUT2D eigenvalue weighted by Crippen LogP contribution is 2.18. The number of carbonyl (C=O) groups is 4. The number of nitrogens with one attached hydrogen (secondary N) is 4. The van der Waals surface area contributed by atoms with Gasteiger partial charge in [-0.3, -0.25) is 24.6 Å². The van der Waals surface area contributed by atoms with E-state index >= 15 is 0 Å². The van der Waals surface area contributed by atoms with Gasteiger partial charge in [0, 0.05) is 17.6 Å². The minimum Gasteiger partial charge on any atom is -0.370 e. The fourth-order valence-corrected chi connectivity index (χ4v) is 4.16. The van der Waals surface area contributed by atoms with Gasteiger partial charge in [0.2, 0.25) is 17.7 Å². The number of alkyl halides is 1. The van der Waals surface area contributed by atoms with Crippen LogP contribution in [0, 0.1) is 5.41 Å². The molecule has 1 aromatic carbocycles. The lowest BCUT2D eigenvalue weighted by Crippen LogP contribution is -2.52. The number of amides is 3. The average molecular weight is 541 g/mol. The highest BCUT2D eigenvalue weighted by molar-refractivity contribution is 9.10. The molecule has 1 aromatic rings. The van der Waals surface area contributed by atoms with Crippen molar-refractivity contribution in [1.82, 2.24) is 20.9 Å². The van der Waals surface area contributed by atoms with Crippen LogP contribution >= 0.6 is 15.9 Å². The van der Waals surface area contributed by atoms with E-state index in [1.165, 1.54) is 4.90 Å². The van der Waals surface area contributed by atoms with E-state index in [2.05, 4.69) is 31.9 Å². The van der Waals surface area contributed by atoms with E-state index in [0.29, 0.717) is 32.4 Å². The molecule has 0 aliphatic carbocycles. The number of likely N-dealkylation sites (tertiary alicyclic amines) is 1. The van der Waals surface area contributed by atoms with Crippen molar-refractivity contribution in [3.63, 3.8) is 0 Å². The number of halogens is 2. The first-order chi connectivity index (χ1) is 16.2. The third-order valence-corrected chi connectivity index (χ3v) is 5.88. The zero-order valence-electron chi connectivity index (χ0n) is 18.7. The number of hydrogen-bond donors (Lipinski definition) is 5. The first-order valence-electron chi connectivity index (χ1n) is 11.0. The molecule has 186 valence electrons. The quantitative estimate of drug-likeness (QED) is 0.146. The van der Waals surface area contributed by atoms with Gasteiger partial charge < -0.3 is 26.6 Å². The van der Waals surface area contributed by atoms with Crippen molar-refractivity contribution in [1.29, 1.82) is 5.41 Å². The summed E-state index contributed by atoms with van der Waals surface area (Å²) >= 11 is 3.34. The third kappa shape index (κ3) is 8.73. The summed E-state index contributed by atoms with van der Waals surface area (Å²) in [7, 11) is 0. The van der Waals surface area contributed by atoms with E-state index in [4.69, 9.17) is 11.1 Å². The molecule has 12 heteroatoms. The molecule has 1 aliphatic heterocycles. The van der Waals surface area contributed by atoms with Crippen LogP contribution in [-0.2, 0) is 25.6 Å². The van der Waals surface area contributed by atoms with Gasteiger partial charge in [-0.1, -0.05) is 28.1 Å². The molecule has 10 nitrogen and oxygen atoms in total. The number of carbonyl (C=O) groups excluding carboxylic acids is 4. The van der Waals surface area contributed by atoms with Crippen molar-refractivity contribution >= 4 is 45.4 Å². The summed E-state index contributed by atoms with van der Waals surface area (Å²) in [6, 6.07) is 5.45. The normalized spacial score (nSPS) is 15.9. The van der Waals surface area contributed by atoms with E-state index in [-0.39, 0.29) is 31.3 Å². The lowest BCUT2D eigenvalue weighted by molar-refractivity contribution is -0.139. The topological polar surface area (TPSA) is 157 Å². The summed E-state index contributed by atoms with van der Waals surface area (Å²) in [6.07, 6.45) is 1.67. The Balaban J connectivity index is 1.88. The minimum atomic E-state index is -1.22. The second kappa shape index (κ2) is 13.6. The number of benzene rings is 1. The van der Waals surface area contributed by atoms with Crippen LogP contribution in [0.1, 0.15) is 31.2 Å². The van der Waals surface area contributed by atoms with Gasteiger partial charge in [-0.05, 0) is 43.4 Å². The smallest absolute Gasteiger partial charge is 0.243 e. The van der Waals surface area contributed by atoms with Crippen molar-refractivity contribution in [3.8, 4) is 0 Å². The van der Waals surface area contributed by atoms with Crippen LogP contribution in [0.5, 0.6) is 0 Å². The molecule has 1 aliphatic rings. The highest BCUT2D eigenvalue weighted by atomic mass is 79.9. The summed E-state index contributed by atoms with van der Waals surface area (Å²) in [6.45, 7) is -0.819. The number of Topliss-reactive ketones (excluding diaryl/α,β-unsaturated/α-hetero) is 1. The fourth-order valence-electron chi connectivity index (χ4n) is 3.71. The van der Waals surface area contributed by atoms with Gasteiger partial charge in [-0.2, -0.15) is 0 Å². The predicted molar refractivity (Wildman–Crippen MR) is 128 cm³/mol. The number of nitrogens with zero attached hydrogens (tertiary/aromatic N) is 1. The molecule has 1 saturated heterocycles. The molecule has 6 N–H and O–H groups in total. The van der Waals surface area contributed by atoms with Gasteiger partial charge in [0.1, 0.15) is 12.7 Å². The van der Waals surface area contributed by atoms with Crippen LogP contribution < -0.4 is 21.7 Å². The van der Waals surface area contributed by atoms with E-state index in [1.807, 2.05) is 18.2 Å². The molecule has 0 aromatic heterocycles. The van der Waals surface area contributed by atoms with Gasteiger partial charge in [-0.25, -0.2) is 4.39 Å². The van der Waals surface area contributed by atoms with Crippen LogP contribution in [0.2, 0.25) is 0 Å². The Bertz CT molecular complexity index is 915. The zero-order valence-corrected chi connectivity index (χ0v) is 20.3. The molecule has 2 atom stereocenters. The summed E-state index contributed by atoms with van der Waals surface area (Å²) in [5.74, 6) is -2.23. The minimum absolute atomic E-state index is 0.113. The Kier molecular flexibility index (Phi) is 10.9. The van der Waals surface area contributed by atoms with E-state index < -0.39 is 36.4 Å². The average Bonchev–Trinajstić information content (AvgIpc) is 3.29. The van der Waals surface area contributed by atoms with E-state index in [0.717, 1.165) is 10.0 Å². The third-order valence-electron chi connectivity index (χ3n) is 5.39. The Morgan fingerprint density at radius 1 is 1.26 bits per heavy atom. The highest BCUT2D eigenvalue weighted by Gasteiger charge is 2.35. The van der Waals surface area contributed by atoms with Gasteiger partial charge in [0.05, 0.1) is 19.0 Å². The Morgan fingerprint density at radius 3 is 2.71 bits per heavy atom. The van der Waals surface area contributed by atoms with Crippen LogP contribution in [0.3, 0.4) is 0 Å². The number of ketones is 1. The number of nitrogens with two attached hydrogens (primary N) is 1. The molecule has 0 spiro atoms. The summed E-state index contributed by atoms with van der Waals surface area (Å²) in [4.78, 5) is 51.0. The number of hydrogen-bond acceptors (Lipinski definition) is 5. The predicted octanol–water partition coefficient (Wildman–Crippen LogP) is 0.385. The van der Waals surface area contributed by atoms with Crippen molar-refractivity contribution in [2.24, 2.45) is 5.73 Å². The van der Waals surface area contributed by atoms with Crippen molar-refractivity contribution < 1.29 is 23.6 Å². The lowest BCUT2D eigenvalue weighted by atomic mass is 10.1. The van der Waals surface area contributed by atoms with Crippen molar-refractivity contribution in [3.05, 3.63) is 34.3 Å². The van der Waals surface area contributed by atoms with Crippen LogP contribution in [0.4, 0.5) is 4.39 Å². The second-order valence-corrected chi connectivity index (χ2v) is 8.89. The molecular weight excluding hydrogens is 511 g/mol. The molecule has 0 unspecified atom stereocenters. The fraction of sp³-hybridized carbons (Fsp3) is 0.500. The molecule has 1 fully saturated rings. The summed E-state index contributed by atoms with van der Waals surface area (Å²) < 4.78 is 13.8. The number of rotatable bonds is 12. The van der Waals surface area contributed by atoms with E-state index in [9.17, 15) is 23.6 Å². The lowest BCUT2D eigenvalue weighted by Gasteiger charge is -2.26. The molecule has 1 heterocycles. The van der Waals surface area contributed by atoms with Crippen LogP contribution in [-0.4, -0.2) is 72.8 Å². The monoisotopic (exact) mass is 540 g/mol. The molecule has 0 radical (unpaired) electrons. The summed E-state index contributed by atoms with van der Waals surface area (Å²) in [5, 5.41) is 14.8. The number of guanidine groups is 1. The first-order valence-corrected chi connectivity index (χ1v) is 11.8. The molecule has 0 bridgehead atoms. The Labute approximate surface area is 205 Å². The Morgan fingerprint density at radius 2 is 2.03 bits per heavy atom. The van der Waals surface area contributed by atoms with Crippen LogP contribution in [0.15, 0.2) is 28.7 Å².